The van der Waals surface area contributed by atoms with Crippen molar-refractivity contribution in [3.05, 3.63) is 0 Å². The summed E-state index contributed by atoms with van der Waals surface area (Å²) in [6.07, 6.45) is 2.86. The zero-order valence-corrected chi connectivity index (χ0v) is 11.7. The molecular weight excluding hydrogens is 268 g/mol. The zero-order chi connectivity index (χ0) is 13.8. The lowest BCUT2D eigenvalue weighted by atomic mass is 9.98. The van der Waals surface area contributed by atoms with E-state index in [9.17, 15) is 13.8 Å². The molecule has 108 valence electrons. The molecule has 19 heavy (non-hydrogen) atoms. The first-order valence-electron chi connectivity index (χ1n) is 6.69. The fraction of sp³-hybridized carbons (Fsp3) is 0.833. The maximum absolute atomic E-state index is 12.1. The first-order valence-corrected chi connectivity index (χ1v) is 8.18. The number of piperidine rings is 1. The van der Waals surface area contributed by atoms with E-state index in [1.807, 2.05) is 0 Å². The van der Waals surface area contributed by atoms with Crippen molar-refractivity contribution in [1.82, 2.24) is 10.2 Å². The number of hydrogen-bond donors (Lipinski definition) is 2. The van der Waals surface area contributed by atoms with E-state index in [4.69, 9.17) is 5.11 Å². The normalized spacial score (nSPS) is 31.8. The Kier molecular flexibility index (Phi) is 4.79. The van der Waals surface area contributed by atoms with Gasteiger partial charge in [-0.3, -0.25) is 9.00 Å². The van der Waals surface area contributed by atoms with Gasteiger partial charge in [0.15, 0.2) is 0 Å². The van der Waals surface area contributed by atoms with Crippen LogP contribution in [0, 0.1) is 5.92 Å². The monoisotopic (exact) mass is 288 g/mol. The Labute approximate surface area is 115 Å². The van der Waals surface area contributed by atoms with Crippen LogP contribution in [0.5, 0.6) is 0 Å². The molecule has 1 atom stereocenters. The van der Waals surface area contributed by atoms with Gasteiger partial charge in [0.2, 0.25) is 0 Å². The Morgan fingerprint density at radius 3 is 2.53 bits per heavy atom. The van der Waals surface area contributed by atoms with Crippen LogP contribution in [-0.4, -0.2) is 56.9 Å². The quantitative estimate of drug-likeness (QED) is 0.770. The molecule has 0 radical (unpaired) electrons. The number of hydrogen-bond acceptors (Lipinski definition) is 3. The van der Waals surface area contributed by atoms with Crippen molar-refractivity contribution in [2.24, 2.45) is 5.92 Å². The number of rotatable bonds is 2. The zero-order valence-electron chi connectivity index (χ0n) is 10.8. The van der Waals surface area contributed by atoms with Crippen LogP contribution in [0.2, 0.25) is 0 Å². The highest BCUT2D eigenvalue weighted by atomic mass is 32.2. The van der Waals surface area contributed by atoms with Crippen molar-refractivity contribution in [2.45, 2.75) is 31.7 Å². The number of likely N-dealkylation sites (tertiary alicyclic amines) is 1. The SMILES string of the molecule is O=C(O)C1CCCN(C(=O)NC2CCS(=O)CC2)C1. The van der Waals surface area contributed by atoms with Gasteiger partial charge in [0.1, 0.15) is 0 Å². The average molecular weight is 288 g/mol. The highest BCUT2D eigenvalue weighted by molar-refractivity contribution is 7.85. The molecule has 6 nitrogen and oxygen atoms in total. The van der Waals surface area contributed by atoms with Crippen molar-refractivity contribution in [2.75, 3.05) is 24.6 Å². The van der Waals surface area contributed by atoms with E-state index >= 15 is 0 Å². The summed E-state index contributed by atoms with van der Waals surface area (Å²) >= 11 is 0. The highest BCUT2D eigenvalue weighted by Crippen LogP contribution is 2.17. The van der Waals surface area contributed by atoms with E-state index in [1.165, 1.54) is 0 Å². The van der Waals surface area contributed by atoms with Crippen molar-refractivity contribution in [1.29, 1.82) is 0 Å². The van der Waals surface area contributed by atoms with Gasteiger partial charge in [0.25, 0.3) is 0 Å². The van der Waals surface area contributed by atoms with Crippen molar-refractivity contribution in [3.63, 3.8) is 0 Å². The van der Waals surface area contributed by atoms with E-state index in [2.05, 4.69) is 5.32 Å². The lowest BCUT2D eigenvalue weighted by Crippen LogP contribution is -2.50. The summed E-state index contributed by atoms with van der Waals surface area (Å²) in [6, 6.07) is -0.0981. The molecule has 2 N–H and O–H groups in total. The Bertz CT molecular complexity index is 378. The molecule has 0 aromatic rings. The van der Waals surface area contributed by atoms with Crippen LogP contribution < -0.4 is 5.32 Å². The number of carbonyl (C=O) groups is 2. The predicted octanol–water partition coefficient (Wildman–Crippen LogP) is 0.404. The standard InChI is InChI=1S/C12H20N2O4S/c15-11(16)9-2-1-5-14(8-9)12(17)13-10-3-6-19(18)7-4-10/h9-10H,1-8H2,(H,13,17)(H,15,16). The molecule has 2 amide bonds. The van der Waals surface area contributed by atoms with Gasteiger partial charge in [-0.25, -0.2) is 4.79 Å². The third-order valence-electron chi connectivity index (χ3n) is 3.77. The molecule has 1 unspecified atom stereocenters. The third kappa shape index (κ3) is 3.92. The molecule has 0 aliphatic carbocycles. The lowest BCUT2D eigenvalue weighted by molar-refractivity contribution is -0.143. The third-order valence-corrected chi connectivity index (χ3v) is 5.16. The maximum Gasteiger partial charge on any atom is 0.317 e. The minimum Gasteiger partial charge on any atom is -0.481 e. The van der Waals surface area contributed by atoms with Gasteiger partial charge in [0, 0.05) is 41.4 Å². The molecule has 2 aliphatic rings. The number of carbonyl (C=O) groups excluding carboxylic acids is 1. The summed E-state index contributed by atoms with van der Waals surface area (Å²) in [6.45, 7) is 0.911. The summed E-state index contributed by atoms with van der Waals surface area (Å²) in [7, 11) is -0.735. The number of nitrogens with one attached hydrogen (secondary N) is 1. The van der Waals surface area contributed by atoms with Crippen molar-refractivity contribution < 1.29 is 18.9 Å². The van der Waals surface area contributed by atoms with Gasteiger partial charge >= 0.3 is 12.0 Å². The van der Waals surface area contributed by atoms with Gasteiger partial charge in [-0.1, -0.05) is 0 Å². The van der Waals surface area contributed by atoms with Gasteiger partial charge in [-0.15, -0.1) is 0 Å². The number of aliphatic carboxylic acids is 1. The van der Waals surface area contributed by atoms with Gasteiger partial charge in [0.05, 0.1) is 5.92 Å². The lowest BCUT2D eigenvalue weighted by Gasteiger charge is -2.33. The fourth-order valence-corrected chi connectivity index (χ4v) is 3.87. The first kappa shape index (κ1) is 14.3. The summed E-state index contributed by atoms with van der Waals surface area (Å²) in [5, 5.41) is 11.9. The van der Waals surface area contributed by atoms with E-state index in [1.54, 1.807) is 4.90 Å². The smallest absolute Gasteiger partial charge is 0.317 e. The van der Waals surface area contributed by atoms with Crippen molar-refractivity contribution >= 4 is 22.8 Å². The Hall–Kier alpha value is -1.11. The second kappa shape index (κ2) is 6.36. The van der Waals surface area contributed by atoms with Crippen LogP contribution in [0.15, 0.2) is 0 Å². The molecule has 0 saturated carbocycles. The molecule has 0 spiro atoms. The largest absolute Gasteiger partial charge is 0.481 e. The van der Waals surface area contributed by atoms with Crippen LogP contribution in [0.3, 0.4) is 0 Å². The van der Waals surface area contributed by atoms with E-state index in [0.29, 0.717) is 31.0 Å². The summed E-state index contributed by atoms with van der Waals surface area (Å²) in [5.41, 5.74) is 0. The van der Waals surface area contributed by atoms with Gasteiger partial charge in [-0.2, -0.15) is 0 Å². The van der Waals surface area contributed by atoms with Crippen LogP contribution in [0.4, 0.5) is 4.79 Å². The van der Waals surface area contributed by atoms with Crippen LogP contribution >= 0.6 is 0 Å². The Morgan fingerprint density at radius 2 is 1.89 bits per heavy atom. The summed E-state index contributed by atoms with van der Waals surface area (Å²) < 4.78 is 11.2. The maximum atomic E-state index is 12.1. The number of amides is 2. The van der Waals surface area contributed by atoms with E-state index in [0.717, 1.165) is 19.3 Å². The molecule has 7 heteroatoms. The van der Waals surface area contributed by atoms with Crippen LogP contribution in [0.1, 0.15) is 25.7 Å². The molecule has 0 bridgehead atoms. The van der Waals surface area contributed by atoms with E-state index in [-0.39, 0.29) is 12.1 Å². The number of nitrogens with zero attached hydrogens (tertiary/aromatic N) is 1. The molecule has 2 heterocycles. The number of carboxylic acids is 1. The minimum atomic E-state index is -0.828. The summed E-state index contributed by atoms with van der Waals surface area (Å²) in [4.78, 5) is 24.6. The molecule has 0 aromatic carbocycles. The van der Waals surface area contributed by atoms with Crippen LogP contribution in [0.25, 0.3) is 0 Å². The minimum absolute atomic E-state index is 0.0791. The topological polar surface area (TPSA) is 86.7 Å². The van der Waals surface area contributed by atoms with Crippen molar-refractivity contribution in [3.8, 4) is 0 Å². The first-order chi connectivity index (χ1) is 9.06. The van der Waals surface area contributed by atoms with Crippen LogP contribution in [-0.2, 0) is 15.6 Å². The molecular formula is C12H20N2O4S. The Balaban J connectivity index is 1.82. The fourth-order valence-electron chi connectivity index (χ4n) is 2.57. The molecule has 0 aromatic heterocycles. The highest BCUT2D eigenvalue weighted by Gasteiger charge is 2.29. The molecule has 2 saturated heterocycles. The van der Waals surface area contributed by atoms with E-state index < -0.39 is 22.7 Å². The number of urea groups is 1. The molecule has 2 fully saturated rings. The van der Waals surface area contributed by atoms with Gasteiger partial charge < -0.3 is 15.3 Å². The second-order valence-corrected chi connectivity index (χ2v) is 6.89. The predicted molar refractivity (Wildman–Crippen MR) is 71.4 cm³/mol. The molecule has 2 rings (SSSR count). The number of carboxylic acid groups (broad SMARTS) is 1. The van der Waals surface area contributed by atoms with Gasteiger partial charge in [-0.05, 0) is 25.7 Å². The Morgan fingerprint density at radius 1 is 1.21 bits per heavy atom. The molecule has 2 aliphatic heterocycles. The summed E-state index contributed by atoms with van der Waals surface area (Å²) in [5.74, 6) is 0.00898. The average Bonchev–Trinajstić information content (AvgIpc) is 2.41. The second-order valence-electron chi connectivity index (χ2n) is 5.20.